The fourth-order valence-corrected chi connectivity index (χ4v) is 8.87. The Kier molecular flexibility index (Phi) is 7.40. The molecular formula is C31H40N4O4S. The summed E-state index contributed by atoms with van der Waals surface area (Å²) in [4.78, 5) is 32.3. The third-order valence-electron chi connectivity index (χ3n) is 10.1. The largest absolute Gasteiger partial charge is 0.399 e. The van der Waals surface area contributed by atoms with E-state index in [4.69, 9.17) is 5.73 Å². The summed E-state index contributed by atoms with van der Waals surface area (Å²) in [5, 5.41) is 0. The Balaban J connectivity index is 0.000000162. The number of aromatic nitrogens is 2. The van der Waals surface area contributed by atoms with Gasteiger partial charge in [-0.05, 0) is 112 Å². The number of nitrogens with one attached hydrogen (secondary N) is 1. The third kappa shape index (κ3) is 5.20. The summed E-state index contributed by atoms with van der Waals surface area (Å²) >= 11 is 0. The zero-order valence-corrected chi connectivity index (χ0v) is 24.7. The minimum Gasteiger partial charge on any atom is -0.399 e. The van der Waals surface area contributed by atoms with Crippen molar-refractivity contribution in [2.24, 2.45) is 28.6 Å². The average Bonchev–Trinajstić information content (AvgIpc) is 3.18. The number of benzene rings is 1. The van der Waals surface area contributed by atoms with E-state index in [2.05, 4.69) is 28.5 Å². The lowest BCUT2D eigenvalue weighted by Crippen LogP contribution is -2.50. The van der Waals surface area contributed by atoms with Gasteiger partial charge in [0.15, 0.2) is 5.78 Å². The van der Waals surface area contributed by atoms with Gasteiger partial charge in [0.25, 0.3) is 10.0 Å². The van der Waals surface area contributed by atoms with Gasteiger partial charge in [0, 0.05) is 35.3 Å². The van der Waals surface area contributed by atoms with E-state index in [1.165, 1.54) is 42.7 Å². The molecule has 3 saturated carbocycles. The van der Waals surface area contributed by atoms with E-state index < -0.39 is 10.0 Å². The first-order valence-corrected chi connectivity index (χ1v) is 15.8. The molecular weight excluding hydrogens is 524 g/mol. The number of carbonyl (C=O) groups is 2. The SMILES string of the molecule is C[C@]12CCC(=O)C=C1CC[C@@H]1[C@@H]2CC[C@]2(C)C(=O)CC[C@@H]12.Cc1cc(C)nc(NS(=O)(=O)c2ccc(N)cc2)n1. The minimum absolute atomic E-state index is 0.0246. The van der Waals surface area contributed by atoms with Crippen LogP contribution in [0, 0.1) is 42.4 Å². The molecule has 1 heterocycles. The van der Waals surface area contributed by atoms with Gasteiger partial charge in [0.1, 0.15) is 5.78 Å². The van der Waals surface area contributed by atoms with Crippen LogP contribution in [-0.2, 0) is 19.6 Å². The summed E-state index contributed by atoms with van der Waals surface area (Å²) in [5.74, 6) is 2.95. The number of carbonyl (C=O) groups excluding carboxylic acids is 2. The Morgan fingerprint density at radius 3 is 2.20 bits per heavy atom. The number of anilines is 2. The highest BCUT2D eigenvalue weighted by atomic mass is 32.2. The van der Waals surface area contributed by atoms with Gasteiger partial charge in [-0.3, -0.25) is 9.59 Å². The number of nitrogens with two attached hydrogens (primary N) is 1. The maximum absolute atomic E-state index is 12.4. The number of allylic oxidation sites excluding steroid dienone is 1. The van der Waals surface area contributed by atoms with E-state index in [9.17, 15) is 18.0 Å². The fraction of sp³-hybridized carbons (Fsp3) is 0.548. The first-order chi connectivity index (χ1) is 18.8. The fourth-order valence-electron chi connectivity index (χ4n) is 7.93. The van der Waals surface area contributed by atoms with Crippen LogP contribution in [0.15, 0.2) is 46.9 Å². The van der Waals surface area contributed by atoms with Crippen LogP contribution >= 0.6 is 0 Å². The number of ketones is 2. The first-order valence-electron chi connectivity index (χ1n) is 14.3. The number of hydrogen-bond donors (Lipinski definition) is 2. The van der Waals surface area contributed by atoms with Crippen molar-refractivity contribution in [3.05, 3.63) is 53.4 Å². The number of hydrogen-bond acceptors (Lipinski definition) is 7. The molecule has 0 bridgehead atoms. The second-order valence-electron chi connectivity index (χ2n) is 12.5. The van der Waals surface area contributed by atoms with Crippen molar-refractivity contribution in [2.45, 2.75) is 84.0 Å². The van der Waals surface area contributed by atoms with E-state index in [1.54, 1.807) is 19.9 Å². The average molecular weight is 565 g/mol. The molecule has 1 aromatic heterocycles. The molecule has 0 saturated heterocycles. The van der Waals surface area contributed by atoms with E-state index in [0.29, 0.717) is 46.4 Å². The highest BCUT2D eigenvalue weighted by Gasteiger charge is 2.58. The molecule has 3 N–H and O–H groups in total. The summed E-state index contributed by atoms with van der Waals surface area (Å²) in [5.41, 5.74) is 9.06. The Morgan fingerprint density at radius 1 is 0.875 bits per heavy atom. The van der Waals surface area contributed by atoms with Gasteiger partial charge in [-0.15, -0.1) is 0 Å². The van der Waals surface area contributed by atoms with Gasteiger partial charge < -0.3 is 5.73 Å². The van der Waals surface area contributed by atoms with Gasteiger partial charge in [-0.1, -0.05) is 19.4 Å². The van der Waals surface area contributed by atoms with Gasteiger partial charge in [-0.25, -0.2) is 23.1 Å². The lowest BCUT2D eigenvalue weighted by molar-refractivity contribution is -0.132. The molecule has 1 aromatic carbocycles. The maximum atomic E-state index is 12.4. The Labute approximate surface area is 237 Å². The zero-order valence-electron chi connectivity index (χ0n) is 23.9. The second-order valence-corrected chi connectivity index (χ2v) is 14.2. The van der Waals surface area contributed by atoms with Crippen LogP contribution in [0.1, 0.15) is 76.6 Å². The van der Waals surface area contributed by atoms with E-state index in [1.807, 2.05) is 6.08 Å². The van der Waals surface area contributed by atoms with E-state index in [-0.39, 0.29) is 21.7 Å². The molecule has 3 fully saturated rings. The standard InChI is InChI=1S/C19H26O2.C12H14N4O2S/c1-18-9-7-13(20)11-12(18)3-4-14-15-5-6-17(21)19(15,2)10-8-16(14)18;1-8-7-9(2)15-12(14-8)16-19(17,18)11-5-3-10(13)4-6-11/h11,14-16H,3-10H2,1-2H3;3-7H,13H2,1-2H3,(H,14,15,16)/t14-,15-,16-,18-,19-;/m0./s1. The normalized spacial score (nSPS) is 31.2. The van der Waals surface area contributed by atoms with Crippen LogP contribution in [0.3, 0.4) is 0 Å². The molecule has 4 aliphatic rings. The lowest BCUT2D eigenvalue weighted by Gasteiger charge is -2.56. The first kappa shape index (κ1) is 28.5. The highest BCUT2D eigenvalue weighted by molar-refractivity contribution is 7.92. The quantitative estimate of drug-likeness (QED) is 0.466. The van der Waals surface area contributed by atoms with Gasteiger partial charge in [0.2, 0.25) is 5.95 Å². The molecule has 40 heavy (non-hydrogen) atoms. The molecule has 9 heteroatoms. The minimum atomic E-state index is -3.69. The predicted molar refractivity (Wildman–Crippen MR) is 155 cm³/mol. The van der Waals surface area contributed by atoms with Crippen molar-refractivity contribution >= 4 is 33.2 Å². The molecule has 0 aliphatic heterocycles. The smallest absolute Gasteiger partial charge is 0.264 e. The molecule has 0 amide bonds. The summed E-state index contributed by atoms with van der Waals surface area (Å²) < 4.78 is 26.6. The number of nitrogen functional groups attached to an aromatic ring is 1. The molecule has 2 aromatic rings. The Morgan fingerprint density at radius 2 is 1.52 bits per heavy atom. The second kappa shape index (κ2) is 10.4. The van der Waals surface area contributed by atoms with E-state index in [0.717, 1.165) is 38.5 Å². The predicted octanol–water partition coefficient (Wildman–Crippen LogP) is 5.56. The van der Waals surface area contributed by atoms with Crippen LogP contribution in [-0.4, -0.2) is 30.0 Å². The van der Waals surface area contributed by atoms with Crippen molar-refractivity contribution < 1.29 is 18.0 Å². The van der Waals surface area contributed by atoms with Crippen LogP contribution in [0.2, 0.25) is 0 Å². The molecule has 4 aliphatic carbocycles. The van der Waals surface area contributed by atoms with Gasteiger partial charge in [0.05, 0.1) is 4.90 Å². The number of rotatable bonds is 3. The van der Waals surface area contributed by atoms with Crippen molar-refractivity contribution in [2.75, 3.05) is 10.5 Å². The number of nitrogens with zero attached hydrogens (tertiary/aromatic N) is 2. The Hall–Kier alpha value is -3.07. The number of aryl methyl sites for hydroxylation is 2. The molecule has 0 radical (unpaired) electrons. The van der Waals surface area contributed by atoms with Crippen LogP contribution in [0.4, 0.5) is 11.6 Å². The highest BCUT2D eigenvalue weighted by Crippen LogP contribution is 2.64. The van der Waals surface area contributed by atoms with Crippen LogP contribution in [0.25, 0.3) is 0 Å². The van der Waals surface area contributed by atoms with Crippen LogP contribution < -0.4 is 10.5 Å². The van der Waals surface area contributed by atoms with Gasteiger partial charge in [-0.2, -0.15) is 0 Å². The molecule has 6 rings (SSSR count). The maximum Gasteiger partial charge on any atom is 0.264 e. The van der Waals surface area contributed by atoms with E-state index >= 15 is 0 Å². The lowest BCUT2D eigenvalue weighted by atomic mass is 9.47. The number of fused-ring (bicyclic) bond motifs is 5. The summed E-state index contributed by atoms with van der Waals surface area (Å²) in [7, 11) is -3.69. The molecule has 5 atom stereocenters. The van der Waals surface area contributed by atoms with Crippen molar-refractivity contribution in [1.82, 2.24) is 9.97 Å². The van der Waals surface area contributed by atoms with Crippen LogP contribution in [0.5, 0.6) is 0 Å². The monoisotopic (exact) mass is 564 g/mol. The summed E-state index contributed by atoms with van der Waals surface area (Å²) in [6.07, 6.45) is 10.2. The molecule has 0 unspecified atom stereocenters. The molecule has 8 nitrogen and oxygen atoms in total. The number of Topliss-reactive ketones (excluding diaryl/α,β-unsaturated/α-hetero) is 1. The number of sulfonamides is 1. The molecule has 214 valence electrons. The Bertz CT molecular complexity index is 1450. The van der Waals surface area contributed by atoms with Crippen molar-refractivity contribution in [3.63, 3.8) is 0 Å². The summed E-state index contributed by atoms with van der Waals surface area (Å²) in [6.45, 7) is 8.19. The molecule has 0 spiro atoms. The summed E-state index contributed by atoms with van der Waals surface area (Å²) in [6, 6.07) is 7.68. The zero-order chi connectivity index (χ0) is 28.9. The van der Waals surface area contributed by atoms with Crippen molar-refractivity contribution in [3.8, 4) is 0 Å². The van der Waals surface area contributed by atoms with Gasteiger partial charge >= 0.3 is 0 Å². The third-order valence-corrected chi connectivity index (χ3v) is 11.4. The topological polar surface area (TPSA) is 132 Å². The van der Waals surface area contributed by atoms with Crippen molar-refractivity contribution in [1.29, 1.82) is 0 Å².